The van der Waals surface area contributed by atoms with Crippen LogP contribution in [-0.2, 0) is 0 Å². The van der Waals surface area contributed by atoms with Crippen molar-refractivity contribution in [3.8, 4) is 0 Å². The monoisotopic (exact) mass is 423 g/mol. The molecule has 0 amide bonds. The third kappa shape index (κ3) is 4.73. The van der Waals surface area contributed by atoms with E-state index in [0.717, 1.165) is 33.3 Å². The van der Waals surface area contributed by atoms with Gasteiger partial charge in [-0.05, 0) is 59.2 Å². The fourth-order valence-electron chi connectivity index (χ4n) is 3.23. The summed E-state index contributed by atoms with van der Waals surface area (Å²) in [5.74, 6) is 0. The summed E-state index contributed by atoms with van der Waals surface area (Å²) in [6, 6.07) is 22.4. The van der Waals surface area contributed by atoms with Gasteiger partial charge in [-0.2, -0.15) is 0 Å². The Morgan fingerprint density at radius 3 is 1.75 bits per heavy atom. The molecule has 1 aromatic heterocycles. The standard InChI is InChI=1S/C25H17N3O4/c29-27(30)22-13-7-18(8-14-22)5-11-20-17-21(26-25-4-2-1-3-24(20)25)12-6-19-9-15-23(16-10-19)28(31)32/h1-17H. The Bertz CT molecular complexity index is 1360. The first kappa shape index (κ1) is 20.6. The molecule has 4 rings (SSSR count). The number of rotatable bonds is 6. The van der Waals surface area contributed by atoms with Crippen molar-refractivity contribution in [1.82, 2.24) is 4.98 Å². The van der Waals surface area contributed by atoms with Gasteiger partial charge in [-0.1, -0.05) is 36.4 Å². The van der Waals surface area contributed by atoms with Gasteiger partial charge in [0.05, 0.1) is 21.1 Å². The van der Waals surface area contributed by atoms with Crippen LogP contribution in [0.25, 0.3) is 35.2 Å². The number of aromatic nitrogens is 1. The van der Waals surface area contributed by atoms with Crippen molar-refractivity contribution >= 4 is 46.6 Å². The molecule has 0 aliphatic rings. The van der Waals surface area contributed by atoms with E-state index in [1.807, 2.05) is 54.6 Å². The lowest BCUT2D eigenvalue weighted by atomic mass is 10.0. The zero-order chi connectivity index (χ0) is 22.5. The number of fused-ring (bicyclic) bond motifs is 1. The fraction of sp³-hybridized carbons (Fsp3) is 0. The number of nitrogens with zero attached hydrogens (tertiary/aromatic N) is 3. The zero-order valence-electron chi connectivity index (χ0n) is 16.8. The largest absolute Gasteiger partial charge is 0.269 e. The first-order valence-electron chi connectivity index (χ1n) is 9.74. The third-order valence-electron chi connectivity index (χ3n) is 4.88. The van der Waals surface area contributed by atoms with Crippen LogP contribution >= 0.6 is 0 Å². The second kappa shape index (κ2) is 9.01. The number of para-hydroxylation sites is 1. The van der Waals surface area contributed by atoms with Gasteiger partial charge < -0.3 is 0 Å². The molecule has 7 nitrogen and oxygen atoms in total. The van der Waals surface area contributed by atoms with E-state index in [1.165, 1.54) is 24.3 Å². The number of nitro benzene ring substituents is 2. The lowest BCUT2D eigenvalue weighted by molar-refractivity contribution is -0.385. The van der Waals surface area contributed by atoms with Crippen LogP contribution in [0.5, 0.6) is 0 Å². The maximum atomic E-state index is 10.8. The normalized spacial score (nSPS) is 11.4. The van der Waals surface area contributed by atoms with Crippen molar-refractivity contribution in [3.05, 3.63) is 121 Å². The second-order valence-corrected chi connectivity index (χ2v) is 7.02. The highest BCUT2D eigenvalue weighted by Crippen LogP contribution is 2.23. The van der Waals surface area contributed by atoms with Crippen LogP contribution in [0.2, 0.25) is 0 Å². The highest BCUT2D eigenvalue weighted by molar-refractivity contribution is 5.92. The minimum absolute atomic E-state index is 0.0460. The Morgan fingerprint density at radius 2 is 1.19 bits per heavy atom. The molecule has 156 valence electrons. The van der Waals surface area contributed by atoms with E-state index in [1.54, 1.807) is 24.3 Å². The quantitative estimate of drug-likeness (QED) is 0.264. The number of hydrogen-bond donors (Lipinski definition) is 0. The molecule has 3 aromatic carbocycles. The average molecular weight is 423 g/mol. The Balaban J connectivity index is 1.65. The van der Waals surface area contributed by atoms with Gasteiger partial charge in [0.25, 0.3) is 11.4 Å². The minimum Gasteiger partial charge on any atom is -0.258 e. The summed E-state index contributed by atoms with van der Waals surface area (Å²) in [4.78, 5) is 25.5. The maximum Gasteiger partial charge on any atom is 0.269 e. The van der Waals surface area contributed by atoms with Crippen LogP contribution in [0.3, 0.4) is 0 Å². The molecule has 0 saturated heterocycles. The van der Waals surface area contributed by atoms with Gasteiger partial charge in [0.15, 0.2) is 0 Å². The molecule has 1 heterocycles. The second-order valence-electron chi connectivity index (χ2n) is 7.02. The predicted octanol–water partition coefficient (Wildman–Crippen LogP) is 6.39. The lowest BCUT2D eigenvalue weighted by Gasteiger charge is -2.05. The molecule has 0 atom stereocenters. The number of pyridine rings is 1. The molecular weight excluding hydrogens is 406 g/mol. The first-order valence-corrected chi connectivity index (χ1v) is 9.74. The molecule has 0 aliphatic carbocycles. The van der Waals surface area contributed by atoms with Crippen LogP contribution in [-0.4, -0.2) is 14.8 Å². The van der Waals surface area contributed by atoms with E-state index < -0.39 is 9.85 Å². The highest BCUT2D eigenvalue weighted by Gasteiger charge is 2.05. The Kier molecular flexibility index (Phi) is 5.81. The van der Waals surface area contributed by atoms with Crippen LogP contribution in [0.4, 0.5) is 11.4 Å². The molecule has 0 radical (unpaired) electrons. The van der Waals surface area contributed by atoms with Gasteiger partial charge in [0, 0.05) is 29.7 Å². The molecular formula is C25H17N3O4. The number of nitro groups is 2. The number of non-ortho nitro benzene ring substituents is 2. The van der Waals surface area contributed by atoms with Crippen molar-refractivity contribution in [3.63, 3.8) is 0 Å². The van der Waals surface area contributed by atoms with Crippen molar-refractivity contribution in [2.24, 2.45) is 0 Å². The van der Waals surface area contributed by atoms with E-state index in [-0.39, 0.29) is 11.4 Å². The van der Waals surface area contributed by atoms with Gasteiger partial charge in [-0.3, -0.25) is 20.2 Å². The molecule has 0 bridgehead atoms. The van der Waals surface area contributed by atoms with Gasteiger partial charge in [0.1, 0.15) is 0 Å². The van der Waals surface area contributed by atoms with Gasteiger partial charge >= 0.3 is 0 Å². The molecule has 0 fully saturated rings. The van der Waals surface area contributed by atoms with Crippen molar-refractivity contribution in [2.45, 2.75) is 0 Å². The van der Waals surface area contributed by atoms with Crippen LogP contribution in [0, 0.1) is 20.2 Å². The van der Waals surface area contributed by atoms with E-state index in [2.05, 4.69) is 4.98 Å². The van der Waals surface area contributed by atoms with Gasteiger partial charge in [0.2, 0.25) is 0 Å². The molecule has 32 heavy (non-hydrogen) atoms. The van der Waals surface area contributed by atoms with Crippen LogP contribution in [0.1, 0.15) is 22.4 Å². The minimum atomic E-state index is -0.429. The van der Waals surface area contributed by atoms with Crippen molar-refractivity contribution < 1.29 is 9.85 Å². The summed E-state index contributed by atoms with van der Waals surface area (Å²) >= 11 is 0. The third-order valence-corrected chi connectivity index (χ3v) is 4.88. The first-order chi connectivity index (χ1) is 15.5. The van der Waals surface area contributed by atoms with Gasteiger partial charge in [-0.25, -0.2) is 4.98 Å². The van der Waals surface area contributed by atoms with Crippen molar-refractivity contribution in [1.29, 1.82) is 0 Å². The summed E-state index contributed by atoms with van der Waals surface area (Å²) in [7, 11) is 0. The van der Waals surface area contributed by atoms with E-state index in [9.17, 15) is 20.2 Å². The summed E-state index contributed by atoms with van der Waals surface area (Å²) in [5.41, 5.74) is 4.30. The lowest BCUT2D eigenvalue weighted by Crippen LogP contribution is -1.88. The van der Waals surface area contributed by atoms with Crippen molar-refractivity contribution in [2.75, 3.05) is 0 Å². The molecule has 4 aromatic rings. The summed E-state index contributed by atoms with van der Waals surface area (Å²) < 4.78 is 0. The van der Waals surface area contributed by atoms with Gasteiger partial charge in [-0.15, -0.1) is 0 Å². The van der Waals surface area contributed by atoms with E-state index >= 15 is 0 Å². The number of hydrogen-bond acceptors (Lipinski definition) is 5. The maximum absolute atomic E-state index is 10.8. The Morgan fingerprint density at radius 1 is 0.656 bits per heavy atom. The van der Waals surface area contributed by atoms with Crippen LogP contribution < -0.4 is 0 Å². The van der Waals surface area contributed by atoms with Crippen LogP contribution in [0.15, 0.2) is 78.9 Å². The topological polar surface area (TPSA) is 99.2 Å². The zero-order valence-corrected chi connectivity index (χ0v) is 16.8. The molecule has 0 N–H and O–H groups in total. The highest BCUT2D eigenvalue weighted by atomic mass is 16.6. The predicted molar refractivity (Wildman–Crippen MR) is 126 cm³/mol. The smallest absolute Gasteiger partial charge is 0.258 e. The van der Waals surface area contributed by atoms with E-state index in [4.69, 9.17) is 0 Å². The molecule has 0 spiro atoms. The summed E-state index contributed by atoms with van der Waals surface area (Å²) in [6.45, 7) is 0. The number of benzene rings is 3. The molecule has 0 unspecified atom stereocenters. The summed E-state index contributed by atoms with van der Waals surface area (Å²) in [6.07, 6.45) is 7.56. The average Bonchev–Trinajstić information content (AvgIpc) is 2.81. The molecule has 0 aliphatic heterocycles. The van der Waals surface area contributed by atoms with E-state index in [0.29, 0.717) is 0 Å². The fourth-order valence-corrected chi connectivity index (χ4v) is 3.23. The SMILES string of the molecule is O=[N+]([O-])c1ccc(C=Cc2cc(C=Cc3ccc([N+](=O)[O-])cc3)c3ccccc3n2)cc1. The molecule has 0 saturated carbocycles. The Hall–Kier alpha value is -4.65. The molecule has 7 heteroatoms. The Labute approximate surface area is 183 Å². The summed E-state index contributed by atoms with van der Waals surface area (Å²) in [5, 5.41) is 22.6.